The summed E-state index contributed by atoms with van der Waals surface area (Å²) in [6.07, 6.45) is 2.57. The van der Waals surface area contributed by atoms with E-state index in [4.69, 9.17) is 23.1 Å². The van der Waals surface area contributed by atoms with Crippen LogP contribution in [0.4, 0.5) is 8.78 Å². The Labute approximate surface area is 248 Å². The molecule has 2 amide bonds. The predicted molar refractivity (Wildman–Crippen MR) is 146 cm³/mol. The highest BCUT2D eigenvalue weighted by molar-refractivity contribution is 5.99. The average molecular weight is 615 g/mol. The molecule has 44 heavy (non-hydrogen) atoms. The zero-order valence-corrected chi connectivity index (χ0v) is 24.0. The molecule has 0 radical (unpaired) electrons. The van der Waals surface area contributed by atoms with Crippen LogP contribution in [0.1, 0.15) is 70.2 Å². The van der Waals surface area contributed by atoms with Crippen LogP contribution in [-0.4, -0.2) is 52.5 Å². The molecule has 1 spiro atoms. The topological polar surface area (TPSA) is 155 Å². The summed E-state index contributed by atoms with van der Waals surface area (Å²) in [7, 11) is 1.47. The quantitative estimate of drug-likeness (QED) is 0.441. The maximum atomic E-state index is 14.3. The van der Waals surface area contributed by atoms with Gasteiger partial charge in [-0.25, -0.2) is 13.6 Å². The van der Waals surface area contributed by atoms with Crippen molar-refractivity contribution >= 4 is 17.7 Å². The molecule has 0 saturated carbocycles. The molecule has 6 rings (SSSR count). The molecular weight excluding hydrogens is 586 g/mol. The minimum absolute atomic E-state index is 0.00845. The van der Waals surface area contributed by atoms with Crippen LogP contribution >= 0.6 is 0 Å². The number of amides is 2. The minimum atomic E-state index is -0.977. The van der Waals surface area contributed by atoms with Gasteiger partial charge < -0.3 is 37.9 Å². The molecule has 3 aromatic rings. The Morgan fingerprint density at radius 3 is 2.70 bits per heavy atom. The van der Waals surface area contributed by atoms with E-state index in [1.54, 1.807) is 4.90 Å². The summed E-state index contributed by atoms with van der Waals surface area (Å²) in [5.74, 6) is -4.03. The lowest BCUT2D eigenvalue weighted by Gasteiger charge is -2.42. The number of rotatable bonds is 6. The Balaban J connectivity index is 1.46. The second kappa shape index (κ2) is 11.0. The monoisotopic (exact) mass is 614 g/mol. The van der Waals surface area contributed by atoms with E-state index < -0.39 is 64.3 Å². The number of hydrogen-bond acceptors (Lipinski definition) is 10. The van der Waals surface area contributed by atoms with Gasteiger partial charge in [-0.15, -0.1) is 0 Å². The number of methoxy groups -OCH3 is 1. The molecule has 1 aromatic carbocycles. The van der Waals surface area contributed by atoms with Crippen molar-refractivity contribution in [3.05, 3.63) is 85.2 Å². The van der Waals surface area contributed by atoms with E-state index in [2.05, 4.69) is 10.5 Å². The van der Waals surface area contributed by atoms with Gasteiger partial charge in [0.15, 0.2) is 28.6 Å². The Morgan fingerprint density at radius 2 is 2.02 bits per heavy atom. The standard InChI is InChI=1S/C29H28F2N4O9/c1-14-6-7-29(9-22(40-3)33-44-29)21-12-34(14)27(38)23-25(41-13-20-15(2)42-28(39)43-20)24(36)18(11-35(21)23)26(37)32-10-16-4-5-17(30)8-19(16)31/h4-5,8,11,14,21H,6-7,9-10,12-13H2,1-3H3,(H,32,37)/t14-,21+,29-/m0/s1. The number of aromatic nitrogens is 1. The molecule has 3 aliphatic rings. The molecule has 1 saturated heterocycles. The van der Waals surface area contributed by atoms with Gasteiger partial charge in [0, 0.05) is 37.0 Å². The van der Waals surface area contributed by atoms with Gasteiger partial charge in [0.2, 0.25) is 11.3 Å². The Morgan fingerprint density at radius 1 is 1.23 bits per heavy atom. The highest BCUT2D eigenvalue weighted by Gasteiger charge is 2.55. The molecule has 0 aliphatic carbocycles. The first-order valence-electron chi connectivity index (χ1n) is 13.8. The van der Waals surface area contributed by atoms with Crippen molar-refractivity contribution < 1.29 is 41.5 Å². The number of pyridine rings is 1. The normalized spacial score (nSPS) is 22.2. The molecule has 232 valence electrons. The highest BCUT2D eigenvalue weighted by Crippen LogP contribution is 2.46. The molecule has 1 N–H and O–H groups in total. The first kappa shape index (κ1) is 29.1. The molecule has 3 atom stereocenters. The van der Waals surface area contributed by atoms with E-state index in [9.17, 15) is 28.0 Å². The number of carbonyl (C=O) groups excluding carboxylic acids is 2. The Kier molecular flexibility index (Phi) is 7.25. The summed E-state index contributed by atoms with van der Waals surface area (Å²) in [5.41, 5.74) is -2.44. The molecule has 15 heteroatoms. The van der Waals surface area contributed by atoms with E-state index in [0.29, 0.717) is 24.8 Å². The SMILES string of the molecule is COC1=NO[C@@]2(CC[C@H](C)N3C[C@H]2n2cc(C(=O)NCc4ccc(F)cc4F)c(=O)c(OCc4oc(=O)oc4C)c2C3=O)C1. The zero-order valence-electron chi connectivity index (χ0n) is 24.0. The van der Waals surface area contributed by atoms with Gasteiger partial charge in [0.05, 0.1) is 19.6 Å². The van der Waals surface area contributed by atoms with Gasteiger partial charge in [-0.3, -0.25) is 14.4 Å². The Bertz CT molecular complexity index is 1810. The largest absolute Gasteiger partial charge is 0.519 e. The van der Waals surface area contributed by atoms with Crippen LogP contribution in [0, 0.1) is 18.6 Å². The van der Waals surface area contributed by atoms with E-state index in [1.807, 2.05) is 6.92 Å². The van der Waals surface area contributed by atoms with E-state index >= 15 is 0 Å². The van der Waals surface area contributed by atoms with Crippen molar-refractivity contribution in [3.63, 3.8) is 0 Å². The van der Waals surface area contributed by atoms with Gasteiger partial charge in [0.1, 0.15) is 23.8 Å². The second-order valence-corrected chi connectivity index (χ2v) is 11.0. The zero-order chi connectivity index (χ0) is 31.3. The number of hydrogen-bond donors (Lipinski definition) is 1. The van der Waals surface area contributed by atoms with Crippen LogP contribution in [0.25, 0.3) is 0 Å². The molecule has 1 fully saturated rings. The summed E-state index contributed by atoms with van der Waals surface area (Å²) in [4.78, 5) is 60.5. The van der Waals surface area contributed by atoms with Crippen LogP contribution in [-0.2, 0) is 22.7 Å². The summed E-state index contributed by atoms with van der Waals surface area (Å²) in [6.45, 7) is 2.71. The molecular formula is C29H28F2N4O9. The minimum Gasteiger partial charge on any atom is -0.482 e. The first-order valence-corrected chi connectivity index (χ1v) is 13.8. The van der Waals surface area contributed by atoms with Crippen LogP contribution < -0.4 is 21.3 Å². The third kappa shape index (κ3) is 4.91. The first-order chi connectivity index (χ1) is 21.0. The smallest absolute Gasteiger partial charge is 0.482 e. The third-order valence-corrected chi connectivity index (χ3v) is 8.38. The fourth-order valence-corrected chi connectivity index (χ4v) is 5.89. The fourth-order valence-electron chi connectivity index (χ4n) is 5.89. The van der Waals surface area contributed by atoms with Gasteiger partial charge in [-0.05, 0) is 32.8 Å². The van der Waals surface area contributed by atoms with Gasteiger partial charge in [-0.1, -0.05) is 11.2 Å². The number of benzene rings is 1. The summed E-state index contributed by atoms with van der Waals surface area (Å²) in [5, 5.41) is 6.58. The van der Waals surface area contributed by atoms with Crippen molar-refractivity contribution in [1.29, 1.82) is 0 Å². The molecule has 2 aromatic heterocycles. The lowest BCUT2D eigenvalue weighted by atomic mass is 9.85. The van der Waals surface area contributed by atoms with E-state index in [-0.39, 0.29) is 48.3 Å². The number of aryl methyl sites for hydroxylation is 1. The number of oxime groups is 1. The van der Waals surface area contributed by atoms with Crippen molar-refractivity contribution in [2.45, 2.75) is 63.9 Å². The van der Waals surface area contributed by atoms with Crippen LogP contribution in [0.5, 0.6) is 5.75 Å². The maximum absolute atomic E-state index is 14.3. The fraction of sp³-hybridized carbons (Fsp3) is 0.414. The van der Waals surface area contributed by atoms with Gasteiger partial charge in [-0.2, -0.15) is 0 Å². The number of ether oxygens (including phenoxy) is 2. The van der Waals surface area contributed by atoms with Crippen molar-refractivity contribution in [2.75, 3.05) is 13.7 Å². The van der Waals surface area contributed by atoms with Crippen LogP contribution in [0.15, 0.2) is 48.0 Å². The molecule has 13 nitrogen and oxygen atoms in total. The number of nitrogens with one attached hydrogen (secondary N) is 1. The lowest BCUT2D eigenvalue weighted by Crippen LogP contribution is -2.52. The van der Waals surface area contributed by atoms with Crippen molar-refractivity contribution in [3.8, 4) is 5.75 Å². The van der Waals surface area contributed by atoms with Crippen molar-refractivity contribution in [2.24, 2.45) is 5.16 Å². The summed E-state index contributed by atoms with van der Waals surface area (Å²) in [6, 6.07) is 2.03. The number of nitrogens with zero attached hydrogens (tertiary/aromatic N) is 3. The second-order valence-electron chi connectivity index (χ2n) is 11.0. The predicted octanol–water partition coefficient (Wildman–Crippen LogP) is 2.79. The van der Waals surface area contributed by atoms with E-state index in [1.165, 1.54) is 30.9 Å². The number of halogens is 2. The number of fused-ring (bicyclic) bond motifs is 5. The number of carbonyl (C=O) groups is 2. The average Bonchev–Trinajstić information content (AvgIpc) is 3.53. The van der Waals surface area contributed by atoms with Gasteiger partial charge in [0.25, 0.3) is 11.8 Å². The van der Waals surface area contributed by atoms with Crippen LogP contribution in [0.3, 0.4) is 0 Å². The van der Waals surface area contributed by atoms with Crippen molar-refractivity contribution in [1.82, 2.24) is 14.8 Å². The lowest BCUT2D eigenvalue weighted by molar-refractivity contribution is -0.0656. The van der Waals surface area contributed by atoms with Crippen LogP contribution in [0.2, 0.25) is 0 Å². The molecule has 5 heterocycles. The van der Waals surface area contributed by atoms with E-state index in [0.717, 1.165) is 6.07 Å². The summed E-state index contributed by atoms with van der Waals surface area (Å²) < 4.78 is 50.2. The summed E-state index contributed by atoms with van der Waals surface area (Å²) >= 11 is 0. The molecule has 3 aliphatic heterocycles. The Hall–Kier alpha value is -4.95. The molecule has 2 bridgehead atoms. The highest BCUT2D eigenvalue weighted by atomic mass is 19.1. The molecule has 0 unspecified atom stereocenters. The third-order valence-electron chi connectivity index (χ3n) is 8.38. The maximum Gasteiger partial charge on any atom is 0.519 e. The van der Waals surface area contributed by atoms with Gasteiger partial charge >= 0.3 is 5.82 Å².